The van der Waals surface area contributed by atoms with Gasteiger partial charge in [0.05, 0.1) is 18.8 Å². The van der Waals surface area contributed by atoms with E-state index < -0.39 is 0 Å². The number of guanidine groups is 1. The third kappa shape index (κ3) is 4.51. The molecule has 2 aliphatic carbocycles. The third-order valence-electron chi connectivity index (χ3n) is 5.77. The molecule has 2 atom stereocenters. The van der Waals surface area contributed by atoms with Crippen LogP contribution in [0.25, 0.3) is 0 Å². The highest BCUT2D eigenvalue weighted by atomic mass is 127. The minimum Gasteiger partial charge on any atom is -0.380 e. The second kappa shape index (κ2) is 9.90. The molecular formula is C20H32IN3O2. The van der Waals surface area contributed by atoms with Gasteiger partial charge in [0.15, 0.2) is 5.96 Å². The Kier molecular flexibility index (Phi) is 8.16. The van der Waals surface area contributed by atoms with Crippen molar-refractivity contribution in [1.29, 1.82) is 0 Å². The van der Waals surface area contributed by atoms with Gasteiger partial charge in [-0.15, -0.1) is 24.0 Å². The lowest BCUT2D eigenvalue weighted by Crippen LogP contribution is -2.58. The van der Waals surface area contributed by atoms with Crippen LogP contribution in [0.1, 0.15) is 51.0 Å². The number of ether oxygens (including phenoxy) is 2. The van der Waals surface area contributed by atoms with E-state index in [1.165, 1.54) is 32.1 Å². The largest absolute Gasteiger partial charge is 0.380 e. The number of methoxy groups -OCH3 is 1. The van der Waals surface area contributed by atoms with E-state index in [2.05, 4.69) is 12.2 Å². The molecule has 146 valence electrons. The second-order valence-electron chi connectivity index (χ2n) is 7.22. The molecule has 1 aromatic rings. The molecule has 3 rings (SSSR count). The zero-order chi connectivity index (χ0) is 17.7. The maximum atomic E-state index is 6.25. The summed E-state index contributed by atoms with van der Waals surface area (Å²) in [5.41, 5.74) is 8.49. The maximum absolute atomic E-state index is 6.25. The van der Waals surface area contributed by atoms with Gasteiger partial charge in [0.1, 0.15) is 0 Å². The average Bonchev–Trinajstić information content (AvgIpc) is 2.63. The van der Waals surface area contributed by atoms with Gasteiger partial charge in [0, 0.05) is 30.4 Å². The molecule has 1 aromatic carbocycles. The molecule has 2 aliphatic rings. The summed E-state index contributed by atoms with van der Waals surface area (Å²) >= 11 is 0. The van der Waals surface area contributed by atoms with Crippen LogP contribution in [0.4, 0.5) is 5.69 Å². The monoisotopic (exact) mass is 473 g/mol. The van der Waals surface area contributed by atoms with Crippen molar-refractivity contribution in [3.05, 3.63) is 29.8 Å². The highest BCUT2D eigenvalue weighted by Gasteiger charge is 2.55. The Morgan fingerprint density at radius 1 is 1.27 bits per heavy atom. The van der Waals surface area contributed by atoms with Gasteiger partial charge in [-0.2, -0.15) is 0 Å². The summed E-state index contributed by atoms with van der Waals surface area (Å²) in [5, 5.41) is 3.27. The molecule has 2 fully saturated rings. The number of nitrogens with zero attached hydrogens (tertiary/aromatic N) is 1. The molecule has 0 amide bonds. The summed E-state index contributed by atoms with van der Waals surface area (Å²) in [6, 6.07) is 8.31. The average molecular weight is 473 g/mol. The van der Waals surface area contributed by atoms with E-state index in [-0.39, 0.29) is 35.4 Å². The Balaban J connectivity index is 0.00000243. The first-order chi connectivity index (χ1) is 12.2. The molecule has 0 aliphatic heterocycles. The molecule has 0 saturated heterocycles. The maximum Gasteiger partial charge on any atom is 0.193 e. The van der Waals surface area contributed by atoms with Crippen molar-refractivity contribution in [1.82, 2.24) is 0 Å². The van der Waals surface area contributed by atoms with Gasteiger partial charge >= 0.3 is 0 Å². The van der Waals surface area contributed by atoms with Crippen molar-refractivity contribution in [2.24, 2.45) is 16.1 Å². The van der Waals surface area contributed by atoms with Crippen LogP contribution in [-0.2, 0) is 16.1 Å². The predicted octanol–water partition coefficient (Wildman–Crippen LogP) is 4.31. The van der Waals surface area contributed by atoms with Crippen LogP contribution >= 0.6 is 24.0 Å². The predicted molar refractivity (Wildman–Crippen MR) is 117 cm³/mol. The first-order valence-corrected chi connectivity index (χ1v) is 9.48. The molecular weight excluding hydrogens is 441 g/mol. The third-order valence-corrected chi connectivity index (χ3v) is 5.77. The van der Waals surface area contributed by atoms with Crippen LogP contribution in [-0.4, -0.2) is 31.8 Å². The molecule has 0 heterocycles. The lowest BCUT2D eigenvalue weighted by atomic mass is 9.55. The zero-order valence-corrected chi connectivity index (χ0v) is 18.2. The van der Waals surface area contributed by atoms with Crippen LogP contribution in [0, 0.1) is 5.41 Å². The Morgan fingerprint density at radius 2 is 2.00 bits per heavy atom. The summed E-state index contributed by atoms with van der Waals surface area (Å²) in [5.74, 6) is 0.494. The van der Waals surface area contributed by atoms with E-state index >= 15 is 0 Å². The Bertz CT molecular complexity index is 602. The lowest BCUT2D eigenvalue weighted by molar-refractivity contribution is -0.139. The van der Waals surface area contributed by atoms with E-state index in [4.69, 9.17) is 20.2 Å². The van der Waals surface area contributed by atoms with Crippen molar-refractivity contribution in [2.45, 2.75) is 64.2 Å². The first-order valence-electron chi connectivity index (χ1n) is 9.48. The number of benzene rings is 1. The van der Waals surface area contributed by atoms with E-state index in [0.29, 0.717) is 18.7 Å². The molecule has 0 aromatic heterocycles. The standard InChI is InChI=1S/C20H31N3O2.HI/c1-3-25-18-13-17(20(18)11-7-4-8-12-20)23-19(21)22-16-10-6-5-9-15(16)14-24-2;/h5-6,9-10,17-18H,3-4,7-8,11-14H2,1-2H3,(H3,21,22,23);1H. The first kappa shape index (κ1) is 21.4. The van der Waals surface area contributed by atoms with Crippen LogP contribution in [0.3, 0.4) is 0 Å². The number of hydrogen-bond acceptors (Lipinski definition) is 3. The van der Waals surface area contributed by atoms with Crippen LogP contribution in [0.2, 0.25) is 0 Å². The number of rotatable bonds is 6. The molecule has 5 nitrogen and oxygen atoms in total. The van der Waals surface area contributed by atoms with Gasteiger partial charge in [-0.3, -0.25) is 0 Å². The summed E-state index contributed by atoms with van der Waals surface area (Å²) in [4.78, 5) is 4.85. The van der Waals surface area contributed by atoms with E-state index in [0.717, 1.165) is 24.3 Å². The zero-order valence-electron chi connectivity index (χ0n) is 15.9. The van der Waals surface area contributed by atoms with Gasteiger partial charge in [-0.25, -0.2) is 4.99 Å². The molecule has 1 spiro atoms. The smallest absolute Gasteiger partial charge is 0.193 e. The Labute approximate surface area is 174 Å². The Morgan fingerprint density at radius 3 is 2.69 bits per heavy atom. The molecule has 26 heavy (non-hydrogen) atoms. The van der Waals surface area contributed by atoms with Gasteiger partial charge in [0.2, 0.25) is 0 Å². The topological polar surface area (TPSA) is 68.9 Å². The fourth-order valence-corrected chi connectivity index (χ4v) is 4.47. The summed E-state index contributed by atoms with van der Waals surface area (Å²) < 4.78 is 11.3. The molecule has 2 unspecified atom stereocenters. The number of para-hydroxylation sites is 1. The normalized spacial score (nSPS) is 24.6. The van der Waals surface area contributed by atoms with Gasteiger partial charge in [-0.05, 0) is 32.3 Å². The number of aliphatic imine (C=N–C) groups is 1. The highest BCUT2D eigenvalue weighted by Crippen LogP contribution is 2.54. The van der Waals surface area contributed by atoms with Crippen molar-refractivity contribution in [3.63, 3.8) is 0 Å². The van der Waals surface area contributed by atoms with Gasteiger partial charge in [0.25, 0.3) is 0 Å². The SMILES string of the molecule is CCOC1CC(N=C(N)Nc2ccccc2COC)C12CCCCC2.I. The summed E-state index contributed by atoms with van der Waals surface area (Å²) in [6.07, 6.45) is 7.63. The quantitative estimate of drug-likeness (QED) is 0.367. The second-order valence-corrected chi connectivity index (χ2v) is 7.22. The summed E-state index contributed by atoms with van der Waals surface area (Å²) in [6.45, 7) is 3.41. The van der Waals surface area contributed by atoms with Crippen molar-refractivity contribution < 1.29 is 9.47 Å². The van der Waals surface area contributed by atoms with E-state index in [1.807, 2.05) is 24.3 Å². The van der Waals surface area contributed by atoms with Gasteiger partial charge in [-0.1, -0.05) is 37.5 Å². The Hall–Kier alpha value is -0.860. The molecule has 6 heteroatoms. The highest BCUT2D eigenvalue weighted by molar-refractivity contribution is 14.0. The number of nitrogens with two attached hydrogens (primary N) is 1. The van der Waals surface area contributed by atoms with Crippen LogP contribution in [0.15, 0.2) is 29.3 Å². The summed E-state index contributed by atoms with van der Waals surface area (Å²) in [7, 11) is 1.70. The van der Waals surface area contributed by atoms with E-state index in [9.17, 15) is 0 Å². The van der Waals surface area contributed by atoms with Gasteiger partial charge < -0.3 is 20.5 Å². The minimum atomic E-state index is 0. The number of nitrogens with one attached hydrogen (secondary N) is 1. The van der Waals surface area contributed by atoms with Crippen LogP contribution in [0.5, 0.6) is 0 Å². The van der Waals surface area contributed by atoms with Crippen molar-refractivity contribution in [2.75, 3.05) is 19.0 Å². The van der Waals surface area contributed by atoms with Crippen LogP contribution < -0.4 is 11.1 Å². The fraction of sp³-hybridized carbons (Fsp3) is 0.650. The number of halogens is 1. The lowest BCUT2D eigenvalue weighted by Gasteiger charge is -2.56. The van der Waals surface area contributed by atoms with Crippen molar-refractivity contribution in [3.8, 4) is 0 Å². The molecule has 2 saturated carbocycles. The molecule has 0 bridgehead atoms. The minimum absolute atomic E-state index is 0. The number of hydrogen-bond donors (Lipinski definition) is 2. The number of anilines is 1. The fourth-order valence-electron chi connectivity index (χ4n) is 4.47. The van der Waals surface area contributed by atoms with Crippen molar-refractivity contribution >= 4 is 35.6 Å². The molecule has 0 radical (unpaired) electrons. The molecule has 3 N–H and O–H groups in total. The van der Waals surface area contributed by atoms with E-state index in [1.54, 1.807) is 7.11 Å².